The third-order valence-electron chi connectivity index (χ3n) is 4.87. The minimum absolute atomic E-state index is 0.0688. The van der Waals surface area contributed by atoms with Crippen molar-refractivity contribution in [3.05, 3.63) is 58.5 Å². The number of aryl methyl sites for hydroxylation is 3. The van der Waals surface area contributed by atoms with E-state index in [0.717, 1.165) is 28.2 Å². The minimum Gasteiger partial charge on any atom is -0.481 e. The number of nitrogens with one attached hydrogen (secondary N) is 1. The van der Waals surface area contributed by atoms with E-state index in [4.69, 9.17) is 11.2 Å². The Bertz CT molecular complexity index is 1110. The largest absolute Gasteiger partial charge is 0.481 e. The van der Waals surface area contributed by atoms with E-state index < -0.39 is 0 Å². The molecule has 1 aromatic carbocycles. The zero-order chi connectivity index (χ0) is 20.5. The molecule has 7 heteroatoms. The van der Waals surface area contributed by atoms with Gasteiger partial charge in [0.2, 0.25) is 5.91 Å². The van der Waals surface area contributed by atoms with Crippen LogP contribution in [0, 0.1) is 33.1 Å². The summed E-state index contributed by atoms with van der Waals surface area (Å²) in [6.45, 7) is 5.97. The normalized spacial score (nSPS) is 15.4. The summed E-state index contributed by atoms with van der Waals surface area (Å²) in [4.78, 5) is 21.5. The highest BCUT2D eigenvalue weighted by atomic mass is 16.5. The molecule has 0 radical (unpaired) electrons. The van der Waals surface area contributed by atoms with Crippen molar-refractivity contribution in [1.82, 2.24) is 19.7 Å². The number of hydrogen-bond donors (Lipinski definition) is 1. The summed E-state index contributed by atoms with van der Waals surface area (Å²) in [6, 6.07) is 9.56. The summed E-state index contributed by atoms with van der Waals surface area (Å²) in [6.07, 6.45) is 5.58. The number of carbonyl (C=O) groups excluding carboxylic acids is 1. The SMILES string of the molecule is C#CCOc1ccc([C@@H]2CC(=O)Nc3c2c(C)nn3-c2nc(C)cc(C)n2)cc1. The van der Waals surface area contributed by atoms with Gasteiger partial charge in [-0.3, -0.25) is 4.79 Å². The molecule has 0 fully saturated rings. The lowest BCUT2D eigenvalue weighted by Gasteiger charge is -2.24. The third kappa shape index (κ3) is 3.57. The fourth-order valence-corrected chi connectivity index (χ4v) is 3.70. The van der Waals surface area contributed by atoms with Gasteiger partial charge in [-0.05, 0) is 44.5 Å². The molecular formula is C22H21N5O2. The number of anilines is 1. The maximum atomic E-state index is 12.5. The van der Waals surface area contributed by atoms with Crippen molar-refractivity contribution in [3.8, 4) is 24.0 Å². The lowest BCUT2D eigenvalue weighted by Crippen LogP contribution is -2.25. The zero-order valence-corrected chi connectivity index (χ0v) is 16.6. The number of terminal acetylenes is 1. The molecule has 29 heavy (non-hydrogen) atoms. The minimum atomic E-state index is -0.111. The first-order chi connectivity index (χ1) is 14.0. The number of amides is 1. The smallest absolute Gasteiger partial charge is 0.252 e. The molecule has 3 heterocycles. The molecule has 146 valence electrons. The number of aromatic nitrogens is 4. The van der Waals surface area contributed by atoms with Crippen LogP contribution in [0.5, 0.6) is 5.75 Å². The highest BCUT2D eigenvalue weighted by Crippen LogP contribution is 2.40. The number of nitrogens with zero attached hydrogens (tertiary/aromatic N) is 4. The Kier molecular flexibility index (Phi) is 4.77. The van der Waals surface area contributed by atoms with Gasteiger partial charge in [0, 0.05) is 29.3 Å². The molecule has 3 aromatic rings. The number of rotatable bonds is 4. The summed E-state index contributed by atoms with van der Waals surface area (Å²) >= 11 is 0. The van der Waals surface area contributed by atoms with E-state index in [2.05, 4.69) is 26.3 Å². The Morgan fingerprint density at radius 2 is 1.90 bits per heavy atom. The van der Waals surface area contributed by atoms with Crippen LogP contribution in [0.25, 0.3) is 5.95 Å². The third-order valence-corrected chi connectivity index (χ3v) is 4.87. The van der Waals surface area contributed by atoms with Gasteiger partial charge in [0.05, 0.1) is 5.69 Å². The monoisotopic (exact) mass is 387 g/mol. The van der Waals surface area contributed by atoms with Crippen LogP contribution in [0.15, 0.2) is 30.3 Å². The van der Waals surface area contributed by atoms with Crippen LogP contribution in [0.2, 0.25) is 0 Å². The maximum Gasteiger partial charge on any atom is 0.252 e. The van der Waals surface area contributed by atoms with E-state index in [-0.39, 0.29) is 18.4 Å². The van der Waals surface area contributed by atoms with Crippen LogP contribution in [-0.2, 0) is 4.79 Å². The van der Waals surface area contributed by atoms with Crippen LogP contribution < -0.4 is 10.1 Å². The van der Waals surface area contributed by atoms with E-state index >= 15 is 0 Å². The highest BCUT2D eigenvalue weighted by molar-refractivity contribution is 5.95. The summed E-state index contributed by atoms with van der Waals surface area (Å²) in [5.74, 6) is 4.04. The van der Waals surface area contributed by atoms with Crippen molar-refractivity contribution in [2.75, 3.05) is 11.9 Å². The second-order valence-corrected chi connectivity index (χ2v) is 7.08. The molecule has 0 saturated heterocycles. The summed E-state index contributed by atoms with van der Waals surface area (Å²) < 4.78 is 7.07. The molecule has 1 atom stereocenters. The van der Waals surface area contributed by atoms with Crippen molar-refractivity contribution >= 4 is 11.7 Å². The first-order valence-electron chi connectivity index (χ1n) is 9.34. The number of benzene rings is 1. The molecule has 1 amide bonds. The topological polar surface area (TPSA) is 81.9 Å². The molecule has 0 spiro atoms. The molecule has 0 bridgehead atoms. The van der Waals surface area contributed by atoms with Gasteiger partial charge < -0.3 is 10.1 Å². The van der Waals surface area contributed by atoms with Crippen LogP contribution in [0.1, 0.15) is 40.5 Å². The van der Waals surface area contributed by atoms with Crippen molar-refractivity contribution in [3.63, 3.8) is 0 Å². The Labute approximate surface area is 169 Å². The molecule has 4 rings (SSSR count). The predicted molar refractivity (Wildman–Crippen MR) is 109 cm³/mol. The van der Waals surface area contributed by atoms with Gasteiger partial charge in [-0.15, -0.1) is 6.42 Å². The second kappa shape index (κ2) is 7.40. The van der Waals surface area contributed by atoms with Gasteiger partial charge >= 0.3 is 0 Å². The van der Waals surface area contributed by atoms with Gasteiger partial charge in [-0.1, -0.05) is 18.1 Å². The average Bonchev–Trinajstić information content (AvgIpc) is 3.02. The van der Waals surface area contributed by atoms with Crippen molar-refractivity contribution in [1.29, 1.82) is 0 Å². The Morgan fingerprint density at radius 3 is 2.55 bits per heavy atom. The molecule has 2 aromatic heterocycles. The Hall–Kier alpha value is -3.66. The van der Waals surface area contributed by atoms with Crippen LogP contribution in [0.4, 0.5) is 5.82 Å². The molecule has 0 saturated carbocycles. The van der Waals surface area contributed by atoms with E-state index in [1.807, 2.05) is 51.1 Å². The predicted octanol–water partition coefficient (Wildman–Crippen LogP) is 3.07. The molecule has 1 aliphatic heterocycles. The lowest BCUT2D eigenvalue weighted by atomic mass is 9.86. The molecule has 1 N–H and O–H groups in total. The number of ether oxygens (including phenoxy) is 1. The molecule has 0 unspecified atom stereocenters. The van der Waals surface area contributed by atoms with Gasteiger partial charge in [-0.25, -0.2) is 9.97 Å². The van der Waals surface area contributed by atoms with Gasteiger partial charge in [0.1, 0.15) is 18.2 Å². The second-order valence-electron chi connectivity index (χ2n) is 7.08. The van der Waals surface area contributed by atoms with Crippen molar-refractivity contribution in [2.45, 2.75) is 33.1 Å². The Balaban J connectivity index is 1.77. The molecule has 7 nitrogen and oxygen atoms in total. The summed E-state index contributed by atoms with van der Waals surface area (Å²) in [7, 11) is 0. The Morgan fingerprint density at radius 1 is 1.21 bits per heavy atom. The summed E-state index contributed by atoms with van der Waals surface area (Å²) in [5, 5.41) is 7.60. The van der Waals surface area contributed by atoms with E-state index in [1.54, 1.807) is 4.68 Å². The zero-order valence-electron chi connectivity index (χ0n) is 16.6. The highest BCUT2D eigenvalue weighted by Gasteiger charge is 2.33. The van der Waals surface area contributed by atoms with Gasteiger partial charge in [0.25, 0.3) is 5.95 Å². The van der Waals surface area contributed by atoms with Crippen LogP contribution >= 0.6 is 0 Å². The average molecular weight is 387 g/mol. The van der Waals surface area contributed by atoms with E-state index in [1.165, 1.54) is 0 Å². The fraction of sp³-hybridized carbons (Fsp3) is 0.273. The van der Waals surface area contributed by atoms with E-state index in [0.29, 0.717) is 23.9 Å². The van der Waals surface area contributed by atoms with Gasteiger partial charge in [-0.2, -0.15) is 9.78 Å². The quantitative estimate of drug-likeness (QED) is 0.696. The van der Waals surface area contributed by atoms with Crippen LogP contribution in [0.3, 0.4) is 0 Å². The number of fused-ring (bicyclic) bond motifs is 1. The molecular weight excluding hydrogens is 366 g/mol. The van der Waals surface area contributed by atoms with Crippen molar-refractivity contribution < 1.29 is 9.53 Å². The fourth-order valence-electron chi connectivity index (χ4n) is 3.70. The van der Waals surface area contributed by atoms with Gasteiger partial charge in [0.15, 0.2) is 0 Å². The first-order valence-corrected chi connectivity index (χ1v) is 9.34. The van der Waals surface area contributed by atoms with Crippen molar-refractivity contribution in [2.24, 2.45) is 0 Å². The molecule has 1 aliphatic rings. The molecule has 0 aliphatic carbocycles. The van der Waals surface area contributed by atoms with E-state index in [9.17, 15) is 4.79 Å². The number of hydrogen-bond acceptors (Lipinski definition) is 5. The standard InChI is InChI=1S/C22H21N5O2/c1-5-10-29-17-8-6-16(7-9-17)18-12-19(28)25-21-20(18)15(4)26-27(21)22-23-13(2)11-14(3)24-22/h1,6-9,11,18H,10,12H2,2-4H3,(H,25,28)/t18-/m0/s1. The summed E-state index contributed by atoms with van der Waals surface area (Å²) in [5.41, 5.74) is 4.51. The first kappa shape index (κ1) is 18.7. The lowest BCUT2D eigenvalue weighted by molar-refractivity contribution is -0.116. The maximum absolute atomic E-state index is 12.5. The number of carbonyl (C=O) groups is 1. The van der Waals surface area contributed by atoms with Crippen LogP contribution in [-0.4, -0.2) is 32.3 Å².